The molecule has 4 rings (SSSR count). The highest BCUT2D eigenvalue weighted by molar-refractivity contribution is 9.10. The largest absolute Gasteiger partial charge is 0.493 e. The Bertz CT molecular complexity index is 1330. The lowest BCUT2D eigenvalue weighted by atomic mass is 10.1. The molecule has 2 aromatic carbocycles. The van der Waals surface area contributed by atoms with Gasteiger partial charge in [-0.25, -0.2) is 4.98 Å². The normalized spacial score (nSPS) is 10.8. The zero-order valence-corrected chi connectivity index (χ0v) is 19.1. The molecule has 0 unspecified atom stereocenters. The maximum Gasteiger partial charge on any atom is 0.263 e. The van der Waals surface area contributed by atoms with Crippen molar-refractivity contribution in [2.24, 2.45) is 0 Å². The van der Waals surface area contributed by atoms with Crippen molar-refractivity contribution in [1.82, 2.24) is 9.55 Å². The van der Waals surface area contributed by atoms with E-state index in [-0.39, 0.29) is 18.0 Å². The first-order valence-corrected chi connectivity index (χ1v) is 10.9. The molecule has 0 saturated heterocycles. The second-order valence-electron chi connectivity index (χ2n) is 6.60. The van der Waals surface area contributed by atoms with Gasteiger partial charge in [-0.05, 0) is 45.8 Å². The number of methoxy groups -OCH3 is 2. The van der Waals surface area contributed by atoms with Gasteiger partial charge in [0.15, 0.2) is 11.5 Å². The first-order valence-electron chi connectivity index (χ1n) is 9.25. The van der Waals surface area contributed by atoms with Crippen LogP contribution in [0.4, 0.5) is 5.69 Å². The summed E-state index contributed by atoms with van der Waals surface area (Å²) in [6, 6.07) is 12.7. The number of amides is 1. The Morgan fingerprint density at radius 2 is 1.94 bits per heavy atom. The van der Waals surface area contributed by atoms with Gasteiger partial charge >= 0.3 is 0 Å². The minimum absolute atomic E-state index is 0.148. The third-order valence-electron chi connectivity index (χ3n) is 4.72. The Labute approximate surface area is 190 Å². The van der Waals surface area contributed by atoms with E-state index >= 15 is 0 Å². The van der Waals surface area contributed by atoms with Crippen molar-refractivity contribution < 1.29 is 14.3 Å². The fourth-order valence-corrected chi connectivity index (χ4v) is 4.49. The Morgan fingerprint density at radius 3 is 2.68 bits per heavy atom. The third-order valence-corrected chi connectivity index (χ3v) is 6.29. The fourth-order valence-electron chi connectivity index (χ4n) is 3.20. The lowest BCUT2D eigenvalue weighted by Crippen LogP contribution is -2.27. The summed E-state index contributed by atoms with van der Waals surface area (Å²) >= 11 is 4.77. The monoisotopic (exact) mass is 499 g/mol. The number of ether oxygens (including phenoxy) is 2. The first kappa shape index (κ1) is 21.1. The second-order valence-corrected chi connectivity index (χ2v) is 8.32. The van der Waals surface area contributed by atoms with Crippen molar-refractivity contribution in [2.75, 3.05) is 19.5 Å². The minimum Gasteiger partial charge on any atom is -0.493 e. The molecule has 1 N–H and O–H groups in total. The summed E-state index contributed by atoms with van der Waals surface area (Å²) in [5, 5.41) is 5.15. The molecule has 0 fully saturated rings. The van der Waals surface area contributed by atoms with Gasteiger partial charge in [-0.1, -0.05) is 18.2 Å². The number of carbonyl (C=O) groups is 1. The van der Waals surface area contributed by atoms with Gasteiger partial charge in [0.2, 0.25) is 5.91 Å². The Kier molecular flexibility index (Phi) is 6.06. The van der Waals surface area contributed by atoms with Gasteiger partial charge in [-0.15, -0.1) is 11.3 Å². The Balaban J connectivity index is 1.69. The van der Waals surface area contributed by atoms with Crippen LogP contribution in [-0.2, 0) is 11.3 Å². The van der Waals surface area contributed by atoms with E-state index in [1.54, 1.807) is 26.4 Å². The third kappa shape index (κ3) is 4.19. The molecule has 1 amide bonds. The summed E-state index contributed by atoms with van der Waals surface area (Å²) in [4.78, 5) is 30.7. The predicted octanol–water partition coefficient (Wildman–Crippen LogP) is 4.54. The van der Waals surface area contributed by atoms with Crippen LogP contribution in [0, 0.1) is 0 Å². The highest BCUT2D eigenvalue weighted by Crippen LogP contribution is 2.36. The van der Waals surface area contributed by atoms with E-state index in [0.717, 1.165) is 15.6 Å². The molecule has 0 aliphatic rings. The number of nitrogens with zero attached hydrogens (tertiary/aromatic N) is 2. The van der Waals surface area contributed by atoms with Crippen LogP contribution >= 0.6 is 27.3 Å². The predicted molar refractivity (Wildman–Crippen MR) is 125 cm³/mol. The Hall–Kier alpha value is -3.17. The van der Waals surface area contributed by atoms with E-state index in [0.29, 0.717) is 27.4 Å². The van der Waals surface area contributed by atoms with Gasteiger partial charge in [-0.2, -0.15) is 0 Å². The van der Waals surface area contributed by atoms with E-state index < -0.39 is 0 Å². The van der Waals surface area contributed by atoms with Crippen LogP contribution in [0.25, 0.3) is 21.3 Å². The zero-order valence-electron chi connectivity index (χ0n) is 16.7. The van der Waals surface area contributed by atoms with E-state index in [2.05, 4.69) is 26.2 Å². The van der Waals surface area contributed by atoms with Crippen molar-refractivity contribution in [1.29, 1.82) is 0 Å². The van der Waals surface area contributed by atoms with Crippen molar-refractivity contribution in [3.63, 3.8) is 0 Å². The van der Waals surface area contributed by atoms with E-state index in [9.17, 15) is 9.59 Å². The summed E-state index contributed by atoms with van der Waals surface area (Å²) < 4.78 is 12.7. The molecule has 9 heteroatoms. The molecule has 0 spiro atoms. The summed E-state index contributed by atoms with van der Waals surface area (Å²) in [5.41, 5.74) is 1.90. The van der Waals surface area contributed by atoms with Gasteiger partial charge in [0, 0.05) is 15.4 Å². The lowest BCUT2D eigenvalue weighted by molar-refractivity contribution is -0.116. The van der Waals surface area contributed by atoms with Crippen LogP contribution < -0.4 is 20.3 Å². The number of anilines is 1. The van der Waals surface area contributed by atoms with Gasteiger partial charge in [-0.3, -0.25) is 14.2 Å². The number of nitrogens with one attached hydrogen (secondary N) is 1. The van der Waals surface area contributed by atoms with E-state index in [1.165, 1.54) is 22.2 Å². The van der Waals surface area contributed by atoms with Gasteiger partial charge in [0.25, 0.3) is 5.56 Å². The molecular formula is C22H18BrN3O4S. The number of para-hydroxylation sites is 1. The number of hydrogen-bond acceptors (Lipinski definition) is 6. The summed E-state index contributed by atoms with van der Waals surface area (Å²) in [6.07, 6.45) is 1.40. The molecular weight excluding hydrogens is 482 g/mol. The molecule has 0 radical (unpaired) electrons. The molecule has 0 bridgehead atoms. The van der Waals surface area contributed by atoms with Gasteiger partial charge in [0.05, 0.1) is 31.6 Å². The van der Waals surface area contributed by atoms with Crippen LogP contribution in [0.2, 0.25) is 0 Å². The van der Waals surface area contributed by atoms with Gasteiger partial charge < -0.3 is 14.8 Å². The molecule has 0 saturated carbocycles. The molecule has 0 atom stereocenters. The van der Waals surface area contributed by atoms with Crippen molar-refractivity contribution in [3.8, 4) is 22.6 Å². The topological polar surface area (TPSA) is 82.5 Å². The van der Waals surface area contributed by atoms with Crippen LogP contribution in [0.15, 0.2) is 63.4 Å². The number of aromatic nitrogens is 2. The molecule has 0 aliphatic heterocycles. The molecule has 2 heterocycles. The highest BCUT2D eigenvalue weighted by atomic mass is 79.9. The van der Waals surface area contributed by atoms with Crippen LogP contribution in [-0.4, -0.2) is 29.7 Å². The highest BCUT2D eigenvalue weighted by Gasteiger charge is 2.16. The average molecular weight is 500 g/mol. The molecule has 4 aromatic rings. The summed E-state index contributed by atoms with van der Waals surface area (Å²) in [5.74, 6) is 0.847. The maximum absolute atomic E-state index is 13.2. The summed E-state index contributed by atoms with van der Waals surface area (Å²) in [6.45, 7) is -0.148. The number of carbonyl (C=O) groups excluding carboxylic acids is 1. The van der Waals surface area contributed by atoms with Crippen LogP contribution in [0.3, 0.4) is 0 Å². The van der Waals surface area contributed by atoms with Crippen molar-refractivity contribution in [3.05, 3.63) is 69.0 Å². The number of hydrogen-bond donors (Lipinski definition) is 1. The molecule has 2 aromatic heterocycles. The fraction of sp³-hybridized carbons (Fsp3) is 0.136. The molecule has 7 nitrogen and oxygen atoms in total. The average Bonchev–Trinajstić information content (AvgIpc) is 3.21. The maximum atomic E-state index is 13.2. The van der Waals surface area contributed by atoms with E-state index in [4.69, 9.17) is 9.47 Å². The molecule has 158 valence electrons. The summed E-state index contributed by atoms with van der Waals surface area (Å²) in [7, 11) is 3.13. The quantitative estimate of drug-likeness (QED) is 0.420. The van der Waals surface area contributed by atoms with Crippen molar-refractivity contribution >= 4 is 49.1 Å². The molecule has 31 heavy (non-hydrogen) atoms. The first-order chi connectivity index (χ1) is 15.0. The number of rotatable bonds is 6. The van der Waals surface area contributed by atoms with Gasteiger partial charge in [0.1, 0.15) is 11.4 Å². The smallest absolute Gasteiger partial charge is 0.263 e. The van der Waals surface area contributed by atoms with E-state index in [1.807, 2.05) is 35.7 Å². The Morgan fingerprint density at radius 1 is 1.16 bits per heavy atom. The number of benzene rings is 2. The number of thiophene rings is 1. The SMILES string of the molecule is COc1ccc(-c2csc3ncn(CC(=O)Nc4ccccc4Br)c(=O)c23)cc1OC. The minimum atomic E-state index is -0.321. The number of halogens is 1. The number of fused-ring (bicyclic) bond motifs is 1. The van der Waals surface area contributed by atoms with Crippen LogP contribution in [0.1, 0.15) is 0 Å². The zero-order chi connectivity index (χ0) is 22.0. The standard InChI is InChI=1S/C22H18BrN3O4S/c1-29-17-8-7-13(9-18(17)30-2)14-11-31-21-20(14)22(28)26(12-24-21)10-19(27)25-16-6-4-3-5-15(16)23/h3-9,11-12H,10H2,1-2H3,(H,25,27). The van der Waals surface area contributed by atoms with Crippen molar-refractivity contribution in [2.45, 2.75) is 6.54 Å². The lowest BCUT2D eigenvalue weighted by Gasteiger charge is -2.10. The van der Waals surface area contributed by atoms with Crippen LogP contribution in [0.5, 0.6) is 11.5 Å². The molecule has 0 aliphatic carbocycles. The second kappa shape index (κ2) is 8.91.